The van der Waals surface area contributed by atoms with Crippen LogP contribution >= 0.6 is 0 Å². The summed E-state index contributed by atoms with van der Waals surface area (Å²) >= 11 is 0. The van der Waals surface area contributed by atoms with E-state index in [9.17, 15) is 9.00 Å². The van der Waals surface area contributed by atoms with E-state index >= 15 is 0 Å². The van der Waals surface area contributed by atoms with Crippen LogP contribution in [0.4, 0.5) is 16.6 Å². The molecule has 1 aliphatic carbocycles. The van der Waals surface area contributed by atoms with E-state index in [4.69, 9.17) is 20.4 Å². The van der Waals surface area contributed by atoms with Gasteiger partial charge in [0.2, 0.25) is 5.95 Å². The summed E-state index contributed by atoms with van der Waals surface area (Å²) in [7, 11) is -1.15. The highest BCUT2D eigenvalue weighted by Crippen LogP contribution is 2.34. The van der Waals surface area contributed by atoms with Crippen LogP contribution in [0.1, 0.15) is 37.1 Å². The number of nitrogens with zero attached hydrogens (tertiary/aromatic N) is 3. The number of nitrogens with one attached hydrogen (secondary N) is 1. The fraction of sp³-hybridized carbons (Fsp3) is 0.400. The zero-order chi connectivity index (χ0) is 23.9. The normalized spacial score (nSPS) is 19.2. The first-order chi connectivity index (χ1) is 16.3. The number of hydrogen-bond donors (Lipinski definition) is 2. The number of anilines is 2. The lowest BCUT2D eigenvalue weighted by atomic mass is 9.98. The highest BCUT2D eigenvalue weighted by Gasteiger charge is 2.31. The number of fused-ring (bicyclic) bond motifs is 2. The summed E-state index contributed by atoms with van der Waals surface area (Å²) in [5.74, 6) is 1.71. The first kappa shape index (κ1) is 22.6. The minimum Gasteiger partial charge on any atom is -0.447 e. The van der Waals surface area contributed by atoms with E-state index < -0.39 is 22.4 Å². The number of primary amides is 1. The molecule has 0 unspecified atom stereocenters. The molecule has 0 saturated heterocycles. The molecule has 3 heterocycles. The van der Waals surface area contributed by atoms with Crippen molar-refractivity contribution in [2.24, 2.45) is 5.73 Å². The van der Waals surface area contributed by atoms with Crippen LogP contribution in [0.3, 0.4) is 0 Å². The third kappa shape index (κ3) is 4.57. The van der Waals surface area contributed by atoms with Crippen LogP contribution in [-0.4, -0.2) is 51.3 Å². The average Bonchev–Trinajstić information content (AvgIpc) is 3.41. The minimum atomic E-state index is -1.15. The predicted molar refractivity (Wildman–Crippen MR) is 133 cm³/mol. The van der Waals surface area contributed by atoms with Crippen molar-refractivity contribution in [1.82, 2.24) is 9.97 Å². The summed E-state index contributed by atoms with van der Waals surface area (Å²) < 4.78 is 17.7. The van der Waals surface area contributed by atoms with Crippen LogP contribution in [0.15, 0.2) is 46.4 Å². The van der Waals surface area contributed by atoms with Crippen LogP contribution in [0.5, 0.6) is 0 Å². The van der Waals surface area contributed by atoms with E-state index in [1.165, 1.54) is 22.3 Å². The van der Waals surface area contributed by atoms with Crippen molar-refractivity contribution < 1.29 is 13.7 Å². The quantitative estimate of drug-likeness (QED) is 0.655. The summed E-state index contributed by atoms with van der Waals surface area (Å²) in [4.78, 5) is 23.4. The van der Waals surface area contributed by atoms with Crippen LogP contribution in [0, 0.1) is 0 Å². The molecule has 2 aromatic rings. The smallest absolute Gasteiger partial charge is 0.404 e. The molecule has 0 saturated carbocycles. The summed E-state index contributed by atoms with van der Waals surface area (Å²) in [6.45, 7) is 5.36. The lowest BCUT2D eigenvalue weighted by molar-refractivity contribution is 0.138. The molecule has 3 N–H and O–H groups in total. The average molecular weight is 480 g/mol. The Morgan fingerprint density at radius 1 is 1.24 bits per heavy atom. The Morgan fingerprint density at radius 2 is 2.06 bits per heavy atom. The van der Waals surface area contributed by atoms with Gasteiger partial charge in [-0.05, 0) is 49.0 Å². The molecule has 9 heteroatoms. The number of aryl methyl sites for hydroxylation is 1. The van der Waals surface area contributed by atoms with E-state index in [1.807, 2.05) is 13.8 Å². The van der Waals surface area contributed by atoms with E-state index in [1.54, 1.807) is 0 Å². The highest BCUT2D eigenvalue weighted by molar-refractivity contribution is 7.85. The van der Waals surface area contributed by atoms with Crippen molar-refractivity contribution in [3.05, 3.63) is 58.3 Å². The van der Waals surface area contributed by atoms with Crippen LogP contribution in [0.2, 0.25) is 0 Å². The molecule has 1 aromatic carbocycles. The van der Waals surface area contributed by atoms with Gasteiger partial charge in [0.25, 0.3) is 0 Å². The van der Waals surface area contributed by atoms with Gasteiger partial charge < -0.3 is 20.7 Å². The number of benzene rings is 1. The van der Waals surface area contributed by atoms with Gasteiger partial charge in [-0.25, -0.2) is 9.78 Å². The van der Waals surface area contributed by atoms with Gasteiger partial charge in [0.1, 0.15) is 17.3 Å². The number of carbonyl (C=O) groups excluding carboxylic acids is 1. The molecule has 0 bridgehead atoms. The van der Waals surface area contributed by atoms with Crippen molar-refractivity contribution in [3.8, 4) is 0 Å². The molecule has 1 aromatic heterocycles. The molecule has 5 rings (SSSR count). The largest absolute Gasteiger partial charge is 0.447 e. The van der Waals surface area contributed by atoms with Gasteiger partial charge in [0, 0.05) is 25.3 Å². The second kappa shape index (κ2) is 8.87. The fourth-order valence-corrected chi connectivity index (χ4v) is 5.95. The Hall–Kier alpha value is -3.20. The topological polar surface area (TPSA) is 110 Å². The molecule has 1 amide bonds. The van der Waals surface area contributed by atoms with Crippen molar-refractivity contribution in [1.29, 1.82) is 0 Å². The number of allylic oxidation sites excluding steroid dienone is 1. The maximum Gasteiger partial charge on any atom is 0.404 e. The van der Waals surface area contributed by atoms with Gasteiger partial charge in [-0.2, -0.15) is 4.98 Å². The van der Waals surface area contributed by atoms with E-state index in [-0.39, 0.29) is 6.61 Å². The van der Waals surface area contributed by atoms with Crippen LogP contribution in [-0.2, 0) is 28.4 Å². The number of aromatic nitrogens is 2. The fourth-order valence-electron chi connectivity index (χ4n) is 4.65. The standard InChI is InChI=1S/C25H29N5O3S/c1-25(2,15-33-23(26)31)29-22-21-20(9-12-34(21)32)27-24(28-22)30-10-7-16(8-11-30)19-13-17-5-3-4-6-18(17)14-19/h3-7,13H,8-12,14-15H2,1-2H3,(H2,26,31)(H,27,28,29)/t34-/m0/s1. The molecule has 0 radical (unpaired) electrons. The van der Waals surface area contributed by atoms with E-state index in [0.29, 0.717) is 28.8 Å². The van der Waals surface area contributed by atoms with E-state index in [2.05, 4.69) is 46.6 Å². The Morgan fingerprint density at radius 3 is 2.79 bits per heavy atom. The second-order valence-electron chi connectivity index (χ2n) is 9.53. The Kier molecular flexibility index (Phi) is 5.89. The SMILES string of the molecule is CC(C)(COC(N)=O)Nc1nc(N2CC=C(C3=Cc4ccccc4C3)CC2)nc2c1[S@@](=O)CC2. The molecule has 178 valence electrons. The van der Waals surface area contributed by atoms with Gasteiger partial charge in [0.05, 0.1) is 22.0 Å². The number of ether oxygens (including phenoxy) is 1. The number of hydrogen-bond acceptors (Lipinski definition) is 7. The molecule has 8 nitrogen and oxygen atoms in total. The summed E-state index contributed by atoms with van der Waals surface area (Å²) in [6.07, 6.45) is 6.31. The number of rotatable bonds is 6. The Bertz CT molecular complexity index is 1240. The van der Waals surface area contributed by atoms with Crippen LogP contribution < -0.4 is 16.0 Å². The molecule has 2 aliphatic heterocycles. The molecule has 1 atom stereocenters. The monoisotopic (exact) mass is 479 g/mol. The number of nitrogens with two attached hydrogens (primary N) is 1. The van der Waals surface area contributed by atoms with Gasteiger partial charge in [-0.15, -0.1) is 0 Å². The zero-order valence-electron chi connectivity index (χ0n) is 19.5. The maximum atomic E-state index is 12.7. The molecular formula is C25H29N5O3S. The highest BCUT2D eigenvalue weighted by atomic mass is 32.2. The maximum absolute atomic E-state index is 12.7. The van der Waals surface area contributed by atoms with E-state index in [0.717, 1.165) is 31.6 Å². The second-order valence-corrected chi connectivity index (χ2v) is 11.0. The molecule has 34 heavy (non-hydrogen) atoms. The number of carbonyl (C=O) groups is 1. The Balaban J connectivity index is 1.36. The van der Waals surface area contributed by atoms with Crippen molar-refractivity contribution in [2.45, 2.75) is 43.5 Å². The molecular weight excluding hydrogens is 450 g/mol. The Labute approximate surface area is 201 Å². The lowest BCUT2D eigenvalue weighted by Crippen LogP contribution is -2.39. The first-order valence-corrected chi connectivity index (χ1v) is 12.8. The zero-order valence-corrected chi connectivity index (χ0v) is 20.3. The minimum absolute atomic E-state index is 0.0659. The molecule has 3 aliphatic rings. The lowest BCUT2D eigenvalue weighted by Gasteiger charge is -2.30. The summed E-state index contributed by atoms with van der Waals surface area (Å²) in [6, 6.07) is 8.55. The molecule has 0 spiro atoms. The van der Waals surface area contributed by atoms with Crippen molar-refractivity contribution in [3.63, 3.8) is 0 Å². The molecule has 0 fully saturated rings. The number of amides is 1. The predicted octanol–water partition coefficient (Wildman–Crippen LogP) is 3.20. The summed E-state index contributed by atoms with van der Waals surface area (Å²) in [5.41, 5.74) is 10.8. The third-order valence-electron chi connectivity index (χ3n) is 6.38. The van der Waals surface area contributed by atoms with Gasteiger partial charge in [0.15, 0.2) is 0 Å². The van der Waals surface area contributed by atoms with Crippen molar-refractivity contribution >= 4 is 34.7 Å². The summed E-state index contributed by atoms with van der Waals surface area (Å²) in [5, 5.41) is 3.32. The van der Waals surface area contributed by atoms with Gasteiger partial charge in [-0.1, -0.05) is 36.4 Å². The van der Waals surface area contributed by atoms with Crippen molar-refractivity contribution in [2.75, 3.05) is 35.7 Å². The van der Waals surface area contributed by atoms with Gasteiger partial charge >= 0.3 is 6.09 Å². The van der Waals surface area contributed by atoms with Crippen LogP contribution in [0.25, 0.3) is 6.08 Å². The van der Waals surface area contributed by atoms with Gasteiger partial charge in [-0.3, -0.25) is 4.21 Å². The first-order valence-electron chi connectivity index (χ1n) is 11.5. The third-order valence-corrected chi connectivity index (χ3v) is 7.84.